The van der Waals surface area contributed by atoms with Gasteiger partial charge in [-0.1, -0.05) is 45.0 Å². The fraction of sp³-hybridized carbons (Fsp3) is 0.680. The minimum atomic E-state index is -0.501. The van der Waals surface area contributed by atoms with Crippen LogP contribution < -0.4 is 0 Å². The third kappa shape index (κ3) is 21.0. The van der Waals surface area contributed by atoms with E-state index in [1.165, 1.54) is 0 Å². The lowest BCUT2D eigenvalue weighted by atomic mass is 9.99. The van der Waals surface area contributed by atoms with E-state index < -0.39 is 5.60 Å². The van der Waals surface area contributed by atoms with Crippen LogP contribution in [0.25, 0.3) is 0 Å². The second-order valence-corrected chi connectivity index (χ2v) is 9.82. The van der Waals surface area contributed by atoms with Gasteiger partial charge in [-0.15, -0.1) is 0 Å². The standard InChI is InChI=1S/C13H21BrO3.C12H19BrO3/c1-10(9-14)12(16)17-13(3,4)8-6-5-7-11(2)15;1-9(8-13)12(15)16-11(3)7-5-4-6-10(2)14/h1,5-9H2,2-4H3;11H,1,4-8H2,2-3H3. The molecule has 0 saturated carbocycles. The lowest BCUT2D eigenvalue weighted by Crippen LogP contribution is -2.28. The van der Waals surface area contributed by atoms with Gasteiger partial charge in [0.2, 0.25) is 0 Å². The lowest BCUT2D eigenvalue weighted by Gasteiger charge is -2.25. The molecule has 0 bridgehead atoms. The molecule has 0 amide bonds. The second kappa shape index (κ2) is 19.1. The average molecular weight is 596 g/mol. The Labute approximate surface area is 216 Å². The van der Waals surface area contributed by atoms with Crippen LogP contribution in [0.1, 0.15) is 86.0 Å². The summed E-state index contributed by atoms with van der Waals surface area (Å²) in [6, 6.07) is 0. The topological polar surface area (TPSA) is 86.7 Å². The van der Waals surface area contributed by atoms with Crippen molar-refractivity contribution in [3.05, 3.63) is 24.3 Å². The van der Waals surface area contributed by atoms with Gasteiger partial charge in [0.05, 0.1) is 6.10 Å². The van der Waals surface area contributed by atoms with E-state index >= 15 is 0 Å². The first-order valence-electron chi connectivity index (χ1n) is 11.2. The molecule has 1 unspecified atom stereocenters. The van der Waals surface area contributed by atoms with E-state index in [0.29, 0.717) is 34.6 Å². The molecule has 0 heterocycles. The molecule has 0 aliphatic carbocycles. The normalized spacial score (nSPS) is 11.5. The molecule has 0 aromatic rings. The number of halogens is 2. The Hall–Kier alpha value is -1.28. The molecule has 0 aromatic heterocycles. The third-order valence-electron chi connectivity index (χ3n) is 4.52. The molecule has 0 aliphatic heterocycles. The van der Waals surface area contributed by atoms with E-state index in [4.69, 9.17) is 9.47 Å². The number of esters is 2. The fourth-order valence-electron chi connectivity index (χ4n) is 2.54. The first kappa shape index (κ1) is 33.9. The summed E-state index contributed by atoms with van der Waals surface area (Å²) in [5.41, 5.74) is 0.344. The molecule has 190 valence electrons. The molecule has 0 aromatic carbocycles. The minimum absolute atomic E-state index is 0.116. The highest BCUT2D eigenvalue weighted by molar-refractivity contribution is 9.09. The number of unbranched alkanes of at least 4 members (excludes halogenated alkanes) is 2. The summed E-state index contributed by atoms with van der Waals surface area (Å²) in [5, 5.41) is 0.856. The smallest absolute Gasteiger partial charge is 0.334 e. The number of alkyl halides is 2. The molecule has 0 saturated heterocycles. The van der Waals surface area contributed by atoms with E-state index in [0.717, 1.165) is 38.5 Å². The van der Waals surface area contributed by atoms with Gasteiger partial charge in [0.15, 0.2) is 0 Å². The molecular weight excluding hydrogens is 556 g/mol. The van der Waals surface area contributed by atoms with Crippen molar-refractivity contribution in [1.29, 1.82) is 0 Å². The monoisotopic (exact) mass is 594 g/mol. The highest BCUT2D eigenvalue weighted by atomic mass is 79.9. The number of carbonyl (C=O) groups excluding carboxylic acids is 4. The Balaban J connectivity index is 0. The molecule has 0 spiro atoms. The molecule has 1 atom stereocenters. The molecule has 8 heteroatoms. The summed E-state index contributed by atoms with van der Waals surface area (Å²) in [7, 11) is 0. The maximum atomic E-state index is 11.5. The molecule has 6 nitrogen and oxygen atoms in total. The largest absolute Gasteiger partial charge is 0.459 e. The SMILES string of the molecule is C=C(CBr)C(=O)OC(C)(C)CCCCC(C)=O.C=C(CBr)C(=O)OC(C)CCCCC(C)=O. The van der Waals surface area contributed by atoms with Gasteiger partial charge in [-0.2, -0.15) is 0 Å². The second-order valence-electron chi connectivity index (χ2n) is 8.70. The summed E-state index contributed by atoms with van der Waals surface area (Å²) in [5.74, 6) is -0.306. The van der Waals surface area contributed by atoms with Crippen LogP contribution in [0.4, 0.5) is 0 Å². The van der Waals surface area contributed by atoms with Gasteiger partial charge in [-0.25, -0.2) is 9.59 Å². The summed E-state index contributed by atoms with van der Waals surface area (Å²) in [6.45, 7) is 16.0. The minimum Gasteiger partial charge on any atom is -0.459 e. The van der Waals surface area contributed by atoms with Gasteiger partial charge in [0.25, 0.3) is 0 Å². The Morgan fingerprint density at radius 3 is 1.73 bits per heavy atom. The Bertz CT molecular complexity index is 670. The van der Waals surface area contributed by atoms with E-state index in [9.17, 15) is 19.2 Å². The summed E-state index contributed by atoms with van der Waals surface area (Å²) < 4.78 is 10.5. The van der Waals surface area contributed by atoms with Crippen molar-refractivity contribution < 1.29 is 28.7 Å². The van der Waals surface area contributed by atoms with Crippen LogP contribution in [-0.2, 0) is 28.7 Å². The van der Waals surface area contributed by atoms with Crippen molar-refractivity contribution in [2.75, 3.05) is 10.7 Å². The molecule has 0 radical (unpaired) electrons. The van der Waals surface area contributed by atoms with Gasteiger partial charge in [0, 0.05) is 34.6 Å². The fourth-order valence-corrected chi connectivity index (χ4v) is 3.00. The van der Waals surface area contributed by atoms with Gasteiger partial charge < -0.3 is 19.1 Å². The summed E-state index contributed by atoms with van der Waals surface area (Å²) >= 11 is 6.31. The van der Waals surface area contributed by atoms with Gasteiger partial charge in [-0.3, -0.25) is 0 Å². The molecular formula is C25H40Br2O6. The predicted octanol–water partition coefficient (Wildman–Crippen LogP) is 6.43. The van der Waals surface area contributed by atoms with E-state index in [1.54, 1.807) is 13.8 Å². The van der Waals surface area contributed by atoms with Crippen LogP contribution in [0.15, 0.2) is 24.3 Å². The van der Waals surface area contributed by atoms with Crippen molar-refractivity contribution in [3.8, 4) is 0 Å². The highest BCUT2D eigenvalue weighted by Crippen LogP contribution is 2.20. The first-order chi connectivity index (χ1) is 15.3. The number of rotatable bonds is 16. The van der Waals surface area contributed by atoms with Crippen molar-refractivity contribution in [1.82, 2.24) is 0 Å². The van der Waals surface area contributed by atoms with Crippen LogP contribution in [0.5, 0.6) is 0 Å². The van der Waals surface area contributed by atoms with Crippen LogP contribution >= 0.6 is 31.9 Å². The molecule has 0 N–H and O–H groups in total. The number of Topliss-reactive ketones (excluding diaryl/α,β-unsaturated/α-hetero) is 2. The first-order valence-corrected chi connectivity index (χ1v) is 13.4. The maximum absolute atomic E-state index is 11.5. The van der Waals surface area contributed by atoms with Crippen LogP contribution in [-0.4, -0.2) is 45.9 Å². The van der Waals surface area contributed by atoms with E-state index in [1.807, 2.05) is 20.8 Å². The summed E-state index contributed by atoms with van der Waals surface area (Å²) in [6.07, 6.45) is 6.10. The zero-order valence-electron chi connectivity index (χ0n) is 20.8. The summed E-state index contributed by atoms with van der Waals surface area (Å²) in [4.78, 5) is 44.3. The molecule has 33 heavy (non-hydrogen) atoms. The Morgan fingerprint density at radius 1 is 0.818 bits per heavy atom. The van der Waals surface area contributed by atoms with Crippen LogP contribution in [0.3, 0.4) is 0 Å². The highest BCUT2D eigenvalue weighted by Gasteiger charge is 2.23. The predicted molar refractivity (Wildman–Crippen MR) is 140 cm³/mol. The third-order valence-corrected chi connectivity index (χ3v) is 5.88. The Kier molecular flexibility index (Phi) is 19.6. The number of ketones is 2. The Morgan fingerprint density at radius 2 is 1.27 bits per heavy atom. The average Bonchev–Trinajstić information content (AvgIpc) is 2.72. The van der Waals surface area contributed by atoms with Crippen LogP contribution in [0, 0.1) is 0 Å². The molecule has 0 aliphatic rings. The van der Waals surface area contributed by atoms with Crippen molar-refractivity contribution in [2.45, 2.75) is 97.7 Å². The van der Waals surface area contributed by atoms with E-state index in [2.05, 4.69) is 45.0 Å². The molecule has 0 rings (SSSR count). The lowest BCUT2D eigenvalue weighted by molar-refractivity contribution is -0.152. The van der Waals surface area contributed by atoms with Crippen LogP contribution in [0.2, 0.25) is 0 Å². The van der Waals surface area contributed by atoms with Crippen molar-refractivity contribution in [2.24, 2.45) is 0 Å². The van der Waals surface area contributed by atoms with Gasteiger partial charge in [0.1, 0.15) is 17.2 Å². The molecule has 0 fully saturated rings. The van der Waals surface area contributed by atoms with Crippen molar-refractivity contribution >= 4 is 55.4 Å². The number of carbonyl (C=O) groups is 4. The maximum Gasteiger partial charge on any atom is 0.334 e. The van der Waals surface area contributed by atoms with Gasteiger partial charge in [-0.05, 0) is 73.1 Å². The quantitative estimate of drug-likeness (QED) is 0.0884. The number of ether oxygens (including phenoxy) is 2. The number of hydrogen-bond acceptors (Lipinski definition) is 6. The van der Waals surface area contributed by atoms with E-state index in [-0.39, 0.29) is 29.6 Å². The number of hydrogen-bond donors (Lipinski definition) is 0. The van der Waals surface area contributed by atoms with Gasteiger partial charge >= 0.3 is 11.9 Å². The zero-order chi connectivity index (χ0) is 26.0. The van der Waals surface area contributed by atoms with Crippen molar-refractivity contribution in [3.63, 3.8) is 0 Å². The zero-order valence-corrected chi connectivity index (χ0v) is 23.9.